The predicted molar refractivity (Wildman–Crippen MR) is 101 cm³/mol. The van der Waals surface area contributed by atoms with Crippen molar-refractivity contribution < 1.29 is 18.7 Å². The summed E-state index contributed by atoms with van der Waals surface area (Å²) in [5, 5.41) is 0. The van der Waals surface area contributed by atoms with E-state index in [4.69, 9.17) is 4.74 Å². The van der Waals surface area contributed by atoms with Crippen molar-refractivity contribution in [1.29, 1.82) is 0 Å². The fraction of sp³-hybridized carbons (Fsp3) is 0.217. The molecule has 0 spiro atoms. The number of hydrogen-bond acceptors (Lipinski definition) is 3. The number of rotatable bonds is 5. The molecule has 136 valence electrons. The van der Waals surface area contributed by atoms with E-state index in [1.54, 1.807) is 42.5 Å². The Morgan fingerprint density at radius 3 is 2.56 bits per heavy atom. The van der Waals surface area contributed by atoms with E-state index >= 15 is 0 Å². The van der Waals surface area contributed by atoms with Crippen LogP contribution < -0.4 is 4.74 Å². The lowest BCUT2D eigenvalue weighted by Crippen LogP contribution is -2.24. The fourth-order valence-corrected chi connectivity index (χ4v) is 3.80. The number of benzene rings is 2. The number of ether oxygens (including phenoxy) is 1. The van der Waals surface area contributed by atoms with Gasteiger partial charge in [-0.15, -0.1) is 0 Å². The van der Waals surface area contributed by atoms with Gasteiger partial charge in [-0.05, 0) is 60.6 Å². The van der Waals surface area contributed by atoms with E-state index in [9.17, 15) is 14.0 Å². The molecule has 0 aliphatic heterocycles. The predicted octanol–water partition coefficient (Wildman–Crippen LogP) is 4.84. The van der Waals surface area contributed by atoms with E-state index in [0.29, 0.717) is 17.2 Å². The minimum absolute atomic E-state index is 0.0854. The van der Waals surface area contributed by atoms with Crippen LogP contribution >= 0.6 is 0 Å². The Hall–Kier alpha value is -3.01. The Morgan fingerprint density at radius 2 is 1.85 bits per heavy atom. The molecule has 2 bridgehead atoms. The monoisotopic (exact) mass is 362 g/mol. The number of fused-ring (bicyclic) bond motifs is 2. The zero-order valence-electron chi connectivity index (χ0n) is 14.7. The molecule has 0 aromatic heterocycles. The van der Waals surface area contributed by atoms with Crippen molar-refractivity contribution in [2.24, 2.45) is 17.8 Å². The van der Waals surface area contributed by atoms with Gasteiger partial charge in [-0.3, -0.25) is 9.59 Å². The van der Waals surface area contributed by atoms with Crippen LogP contribution in [0, 0.1) is 23.6 Å². The lowest BCUT2D eigenvalue weighted by molar-refractivity contribution is -0.139. The zero-order chi connectivity index (χ0) is 18.8. The smallest absolute Gasteiger partial charge is 0.314 e. The number of hydrogen-bond donors (Lipinski definition) is 0. The summed E-state index contributed by atoms with van der Waals surface area (Å²) in [6.45, 7) is 0. The van der Waals surface area contributed by atoms with Gasteiger partial charge in [-0.1, -0.05) is 42.5 Å². The summed E-state index contributed by atoms with van der Waals surface area (Å²) < 4.78 is 18.5. The van der Waals surface area contributed by atoms with Gasteiger partial charge >= 0.3 is 5.97 Å². The van der Waals surface area contributed by atoms with Gasteiger partial charge in [-0.2, -0.15) is 0 Å². The summed E-state index contributed by atoms with van der Waals surface area (Å²) in [4.78, 5) is 24.8. The van der Waals surface area contributed by atoms with Crippen LogP contribution in [0.5, 0.6) is 5.75 Å². The molecular formula is C23H19FO3. The maximum absolute atomic E-state index is 12.9. The minimum atomic E-state index is -0.320. The molecule has 0 saturated heterocycles. The minimum Gasteiger partial charge on any atom is -0.426 e. The third-order valence-electron chi connectivity index (χ3n) is 5.22. The molecule has 3 unspecified atom stereocenters. The molecule has 4 rings (SSSR count). The number of esters is 1. The second-order valence-electron chi connectivity index (χ2n) is 7.08. The first-order chi connectivity index (χ1) is 13.1. The summed E-state index contributed by atoms with van der Waals surface area (Å²) >= 11 is 0. The first kappa shape index (κ1) is 17.4. The maximum atomic E-state index is 12.9. The SMILES string of the molecule is O=C(/C=C/c1ccc(F)cc1)c1cccc(OC(=O)C2CC3C=CC2C3)c1. The first-order valence-corrected chi connectivity index (χ1v) is 9.06. The van der Waals surface area contributed by atoms with Crippen LogP contribution in [0.3, 0.4) is 0 Å². The normalized spacial score (nSPS) is 23.1. The van der Waals surface area contributed by atoms with Gasteiger partial charge in [0, 0.05) is 5.56 Å². The van der Waals surface area contributed by atoms with Crippen molar-refractivity contribution >= 4 is 17.8 Å². The second-order valence-corrected chi connectivity index (χ2v) is 7.08. The number of allylic oxidation sites excluding steroid dienone is 3. The highest BCUT2D eigenvalue weighted by molar-refractivity contribution is 6.07. The molecule has 0 amide bonds. The van der Waals surface area contributed by atoms with Crippen LogP contribution in [-0.4, -0.2) is 11.8 Å². The van der Waals surface area contributed by atoms with Crippen molar-refractivity contribution in [3.8, 4) is 5.75 Å². The molecule has 27 heavy (non-hydrogen) atoms. The highest BCUT2D eigenvalue weighted by Gasteiger charge is 2.40. The van der Waals surface area contributed by atoms with E-state index in [0.717, 1.165) is 18.4 Å². The lowest BCUT2D eigenvalue weighted by atomic mass is 9.94. The van der Waals surface area contributed by atoms with E-state index in [2.05, 4.69) is 12.2 Å². The van der Waals surface area contributed by atoms with Crippen LogP contribution in [0.25, 0.3) is 6.08 Å². The van der Waals surface area contributed by atoms with Gasteiger partial charge in [0.15, 0.2) is 5.78 Å². The lowest BCUT2D eigenvalue weighted by Gasteiger charge is -2.16. The Morgan fingerprint density at radius 1 is 1.04 bits per heavy atom. The molecule has 2 aliphatic carbocycles. The summed E-state index contributed by atoms with van der Waals surface area (Å²) in [5.41, 5.74) is 1.17. The van der Waals surface area contributed by atoms with Crippen molar-refractivity contribution in [2.75, 3.05) is 0 Å². The second kappa shape index (κ2) is 7.31. The Kier molecular flexibility index (Phi) is 4.71. The summed E-state index contributed by atoms with van der Waals surface area (Å²) in [6, 6.07) is 12.5. The van der Waals surface area contributed by atoms with Crippen molar-refractivity contribution in [2.45, 2.75) is 12.8 Å². The highest BCUT2D eigenvalue weighted by Crippen LogP contribution is 2.43. The summed E-state index contributed by atoms with van der Waals surface area (Å²) in [5.74, 6) is 0.325. The molecule has 0 heterocycles. The molecule has 2 aromatic rings. The highest BCUT2D eigenvalue weighted by atomic mass is 19.1. The quantitative estimate of drug-likeness (QED) is 0.251. The fourth-order valence-electron chi connectivity index (χ4n) is 3.80. The van der Waals surface area contributed by atoms with E-state index in [1.165, 1.54) is 18.2 Å². The average molecular weight is 362 g/mol. The first-order valence-electron chi connectivity index (χ1n) is 9.06. The third kappa shape index (κ3) is 3.90. The topological polar surface area (TPSA) is 43.4 Å². The average Bonchev–Trinajstić information content (AvgIpc) is 3.31. The Bertz CT molecular complexity index is 927. The molecule has 0 radical (unpaired) electrons. The van der Waals surface area contributed by atoms with Crippen LogP contribution in [-0.2, 0) is 4.79 Å². The maximum Gasteiger partial charge on any atom is 0.314 e. The molecule has 2 aliphatic rings. The Labute approximate surface area is 157 Å². The molecule has 3 nitrogen and oxygen atoms in total. The standard InChI is InChI=1S/C23H19FO3/c24-19-9-5-15(6-10-19)7-11-22(25)18-2-1-3-20(14-18)27-23(26)21-13-16-4-8-17(21)12-16/h1-11,14,16-17,21H,12-13H2/b11-7+. The number of halogens is 1. The molecule has 1 saturated carbocycles. The number of ketones is 1. The molecule has 0 N–H and O–H groups in total. The van der Waals surface area contributed by atoms with Gasteiger partial charge in [0.2, 0.25) is 0 Å². The summed E-state index contributed by atoms with van der Waals surface area (Å²) in [6.07, 6.45) is 9.23. The van der Waals surface area contributed by atoms with Gasteiger partial charge in [-0.25, -0.2) is 4.39 Å². The van der Waals surface area contributed by atoms with Crippen LogP contribution in [0.15, 0.2) is 66.8 Å². The van der Waals surface area contributed by atoms with Crippen LogP contribution in [0.2, 0.25) is 0 Å². The van der Waals surface area contributed by atoms with Crippen molar-refractivity contribution in [3.05, 3.63) is 83.7 Å². The molecular weight excluding hydrogens is 343 g/mol. The molecule has 3 atom stereocenters. The third-order valence-corrected chi connectivity index (χ3v) is 5.22. The van der Waals surface area contributed by atoms with Crippen molar-refractivity contribution in [1.82, 2.24) is 0 Å². The van der Waals surface area contributed by atoms with E-state index < -0.39 is 0 Å². The summed E-state index contributed by atoms with van der Waals surface area (Å²) in [7, 11) is 0. The van der Waals surface area contributed by atoms with E-state index in [1.807, 2.05) is 0 Å². The Balaban J connectivity index is 1.42. The van der Waals surface area contributed by atoms with E-state index in [-0.39, 0.29) is 29.4 Å². The molecule has 4 heteroatoms. The largest absolute Gasteiger partial charge is 0.426 e. The van der Waals surface area contributed by atoms with Crippen molar-refractivity contribution in [3.63, 3.8) is 0 Å². The van der Waals surface area contributed by atoms with Gasteiger partial charge in [0.1, 0.15) is 11.6 Å². The van der Waals surface area contributed by atoms with Crippen LogP contribution in [0.1, 0.15) is 28.8 Å². The molecule has 1 fully saturated rings. The zero-order valence-corrected chi connectivity index (χ0v) is 14.7. The van der Waals surface area contributed by atoms with Crippen LogP contribution in [0.4, 0.5) is 4.39 Å². The number of carbonyl (C=O) groups is 2. The number of carbonyl (C=O) groups excluding carboxylic acids is 2. The van der Waals surface area contributed by atoms with Gasteiger partial charge < -0.3 is 4.74 Å². The van der Waals surface area contributed by atoms with Gasteiger partial charge in [0.25, 0.3) is 0 Å². The molecule has 2 aromatic carbocycles. The van der Waals surface area contributed by atoms with Gasteiger partial charge in [0.05, 0.1) is 5.92 Å².